The third-order valence-electron chi connectivity index (χ3n) is 3.25. The molecule has 0 aliphatic rings. The second-order valence-electron chi connectivity index (χ2n) is 4.74. The van der Waals surface area contributed by atoms with E-state index in [2.05, 4.69) is 26.6 Å². The monoisotopic (exact) mass is 396 g/mol. The molecule has 0 saturated heterocycles. The lowest BCUT2D eigenvalue weighted by Crippen LogP contribution is -2.37. The fraction of sp³-hybridized carbons (Fsp3) is 0.250. The van der Waals surface area contributed by atoms with Crippen molar-refractivity contribution in [1.82, 2.24) is 10.6 Å². The minimum absolute atomic E-state index is 0.219. The molecule has 5 nitrogen and oxygen atoms in total. The van der Waals surface area contributed by atoms with Gasteiger partial charge in [0.1, 0.15) is 11.8 Å². The van der Waals surface area contributed by atoms with E-state index in [0.29, 0.717) is 19.4 Å². The number of nitrogens with one attached hydrogen (secondary N) is 2. The number of carbonyl (C=O) groups excluding carboxylic acids is 2. The van der Waals surface area contributed by atoms with Crippen molar-refractivity contribution in [3.8, 4) is 5.75 Å². The van der Waals surface area contributed by atoms with E-state index in [4.69, 9.17) is 4.74 Å². The first-order chi connectivity index (χ1) is 11.2. The standard InChI is InChI=1S/C16H17BrN2O3S/c1-22-13-9-11(4-5-12(13)17)6-7-18-16(21)15(19-10-20)14-3-2-8-23-14/h2-5,8-10,15H,6-7H2,1H3,(H,18,21)(H,19,20). The van der Waals surface area contributed by atoms with Gasteiger partial charge in [0, 0.05) is 11.4 Å². The molecule has 0 aliphatic heterocycles. The van der Waals surface area contributed by atoms with Crippen molar-refractivity contribution in [1.29, 1.82) is 0 Å². The average Bonchev–Trinajstić information content (AvgIpc) is 3.08. The van der Waals surface area contributed by atoms with Crippen molar-refractivity contribution in [2.24, 2.45) is 0 Å². The summed E-state index contributed by atoms with van der Waals surface area (Å²) in [5.41, 5.74) is 1.06. The molecule has 23 heavy (non-hydrogen) atoms. The maximum atomic E-state index is 12.2. The summed E-state index contributed by atoms with van der Waals surface area (Å²) < 4.78 is 6.14. The van der Waals surface area contributed by atoms with Gasteiger partial charge in [0.15, 0.2) is 0 Å². The van der Waals surface area contributed by atoms with Crippen LogP contribution in [0, 0.1) is 0 Å². The Morgan fingerprint density at radius 1 is 1.43 bits per heavy atom. The van der Waals surface area contributed by atoms with Gasteiger partial charge in [0.2, 0.25) is 12.3 Å². The molecule has 2 rings (SSSR count). The molecule has 1 heterocycles. The second-order valence-corrected chi connectivity index (χ2v) is 6.58. The molecule has 1 unspecified atom stereocenters. The lowest BCUT2D eigenvalue weighted by molar-refractivity contribution is -0.125. The van der Waals surface area contributed by atoms with Gasteiger partial charge in [-0.15, -0.1) is 11.3 Å². The van der Waals surface area contributed by atoms with Crippen LogP contribution in [0.3, 0.4) is 0 Å². The summed E-state index contributed by atoms with van der Waals surface area (Å²) in [5.74, 6) is 0.538. The van der Waals surface area contributed by atoms with E-state index in [0.717, 1.165) is 20.7 Å². The van der Waals surface area contributed by atoms with E-state index < -0.39 is 6.04 Å². The summed E-state index contributed by atoms with van der Waals surface area (Å²) in [5, 5.41) is 7.27. The molecule has 1 aromatic heterocycles. The van der Waals surface area contributed by atoms with Crippen LogP contribution < -0.4 is 15.4 Å². The quantitative estimate of drug-likeness (QED) is 0.673. The fourth-order valence-corrected chi connectivity index (χ4v) is 3.29. The Morgan fingerprint density at radius 3 is 2.91 bits per heavy atom. The first kappa shape index (κ1) is 17.5. The topological polar surface area (TPSA) is 67.4 Å². The van der Waals surface area contributed by atoms with E-state index in [1.165, 1.54) is 11.3 Å². The van der Waals surface area contributed by atoms with E-state index in [1.807, 2.05) is 35.7 Å². The number of hydrogen-bond donors (Lipinski definition) is 2. The zero-order valence-corrected chi connectivity index (χ0v) is 14.9. The molecular formula is C16H17BrN2O3S. The van der Waals surface area contributed by atoms with Gasteiger partial charge in [-0.1, -0.05) is 12.1 Å². The molecule has 2 amide bonds. The number of thiophene rings is 1. The van der Waals surface area contributed by atoms with E-state index in [9.17, 15) is 9.59 Å². The van der Waals surface area contributed by atoms with Gasteiger partial charge >= 0.3 is 0 Å². The maximum absolute atomic E-state index is 12.2. The molecule has 0 aliphatic carbocycles. The molecule has 0 bridgehead atoms. The fourth-order valence-electron chi connectivity index (χ4n) is 2.10. The van der Waals surface area contributed by atoms with E-state index in [-0.39, 0.29) is 5.91 Å². The molecule has 0 spiro atoms. The lowest BCUT2D eigenvalue weighted by atomic mass is 10.1. The summed E-state index contributed by atoms with van der Waals surface area (Å²) in [6.07, 6.45) is 1.22. The van der Waals surface area contributed by atoms with Crippen molar-refractivity contribution >= 4 is 39.6 Å². The molecular weight excluding hydrogens is 380 g/mol. The van der Waals surface area contributed by atoms with Crippen molar-refractivity contribution in [3.63, 3.8) is 0 Å². The van der Waals surface area contributed by atoms with Crippen LogP contribution in [0.1, 0.15) is 16.5 Å². The van der Waals surface area contributed by atoms with Crippen molar-refractivity contribution in [2.75, 3.05) is 13.7 Å². The minimum Gasteiger partial charge on any atom is -0.496 e. The minimum atomic E-state index is -0.646. The van der Waals surface area contributed by atoms with Crippen LogP contribution in [0.4, 0.5) is 0 Å². The van der Waals surface area contributed by atoms with Crippen LogP contribution >= 0.6 is 27.3 Å². The summed E-state index contributed by atoms with van der Waals surface area (Å²) in [7, 11) is 1.61. The third-order valence-corrected chi connectivity index (χ3v) is 4.85. The third kappa shape index (κ3) is 4.80. The highest BCUT2D eigenvalue weighted by Crippen LogP contribution is 2.25. The van der Waals surface area contributed by atoms with Crippen molar-refractivity contribution < 1.29 is 14.3 Å². The average molecular weight is 397 g/mol. The predicted octanol–water partition coefficient (Wildman–Crippen LogP) is 2.67. The van der Waals surface area contributed by atoms with Crippen LogP contribution in [0.15, 0.2) is 40.2 Å². The van der Waals surface area contributed by atoms with Crippen LogP contribution in [0.5, 0.6) is 5.75 Å². The van der Waals surface area contributed by atoms with Crippen molar-refractivity contribution in [2.45, 2.75) is 12.5 Å². The highest BCUT2D eigenvalue weighted by atomic mass is 79.9. The normalized spacial score (nSPS) is 11.6. The highest BCUT2D eigenvalue weighted by Gasteiger charge is 2.20. The molecule has 122 valence electrons. The summed E-state index contributed by atoms with van der Waals surface area (Å²) in [6.45, 7) is 0.478. The van der Waals surface area contributed by atoms with Crippen molar-refractivity contribution in [3.05, 3.63) is 50.6 Å². The number of rotatable bonds is 8. The van der Waals surface area contributed by atoms with E-state index >= 15 is 0 Å². The van der Waals surface area contributed by atoms with Gasteiger partial charge in [-0.05, 0) is 51.5 Å². The number of benzene rings is 1. The smallest absolute Gasteiger partial charge is 0.248 e. The first-order valence-corrected chi connectivity index (χ1v) is 8.66. The first-order valence-electron chi connectivity index (χ1n) is 6.99. The maximum Gasteiger partial charge on any atom is 0.248 e. The Bertz CT molecular complexity index is 661. The molecule has 0 fully saturated rings. The Labute approximate surface area is 147 Å². The van der Waals surface area contributed by atoms with Gasteiger partial charge in [-0.3, -0.25) is 9.59 Å². The summed E-state index contributed by atoms with van der Waals surface area (Å²) in [4.78, 5) is 23.8. The zero-order valence-electron chi connectivity index (χ0n) is 12.5. The Morgan fingerprint density at radius 2 is 2.26 bits per heavy atom. The summed E-state index contributed by atoms with van der Waals surface area (Å²) in [6, 6.07) is 8.84. The van der Waals surface area contributed by atoms with Gasteiger partial charge in [-0.25, -0.2) is 0 Å². The van der Waals surface area contributed by atoms with Gasteiger partial charge in [0.25, 0.3) is 0 Å². The largest absolute Gasteiger partial charge is 0.496 e. The highest BCUT2D eigenvalue weighted by molar-refractivity contribution is 9.10. The number of halogens is 1. The Kier molecular flexibility index (Phi) is 6.61. The van der Waals surface area contributed by atoms with E-state index in [1.54, 1.807) is 7.11 Å². The SMILES string of the molecule is COc1cc(CCNC(=O)C(NC=O)c2cccs2)ccc1Br. The lowest BCUT2D eigenvalue weighted by Gasteiger charge is -2.14. The Balaban J connectivity index is 1.92. The molecule has 1 aromatic carbocycles. The number of hydrogen-bond acceptors (Lipinski definition) is 4. The molecule has 1 atom stereocenters. The zero-order chi connectivity index (χ0) is 16.7. The van der Waals surface area contributed by atoms with Crippen LogP contribution in [-0.2, 0) is 16.0 Å². The van der Waals surface area contributed by atoms with Crippen LogP contribution in [-0.4, -0.2) is 26.0 Å². The molecule has 2 N–H and O–H groups in total. The molecule has 2 aromatic rings. The van der Waals surface area contributed by atoms with Gasteiger partial charge < -0.3 is 15.4 Å². The molecule has 7 heteroatoms. The Hall–Kier alpha value is -1.86. The number of carbonyl (C=O) groups is 2. The second kappa shape index (κ2) is 8.69. The number of ether oxygens (including phenoxy) is 1. The van der Waals surface area contributed by atoms with Gasteiger partial charge in [0.05, 0.1) is 11.6 Å². The molecule has 0 saturated carbocycles. The van der Waals surface area contributed by atoms with Gasteiger partial charge in [-0.2, -0.15) is 0 Å². The van der Waals surface area contributed by atoms with Crippen LogP contribution in [0.25, 0.3) is 0 Å². The summed E-state index contributed by atoms with van der Waals surface area (Å²) >= 11 is 4.84. The predicted molar refractivity (Wildman–Crippen MR) is 93.7 cm³/mol. The molecule has 0 radical (unpaired) electrons. The number of amides is 2. The van der Waals surface area contributed by atoms with Crippen LogP contribution in [0.2, 0.25) is 0 Å². The number of methoxy groups -OCH3 is 1.